The maximum Gasteiger partial charge on any atom is 0.312 e. The number of nitrogens with two attached hydrogens (primary N) is 1. The number of ether oxygens (including phenoxy) is 1. The van der Waals surface area contributed by atoms with E-state index < -0.39 is 6.03 Å². The molecule has 3 N–H and O–H groups in total. The molecule has 1 rings (SSSR count). The van der Waals surface area contributed by atoms with E-state index in [0.29, 0.717) is 6.54 Å². The van der Waals surface area contributed by atoms with E-state index in [-0.39, 0.29) is 0 Å². The van der Waals surface area contributed by atoms with Gasteiger partial charge < -0.3 is 15.8 Å². The van der Waals surface area contributed by atoms with Gasteiger partial charge in [0, 0.05) is 6.54 Å². The van der Waals surface area contributed by atoms with Crippen LogP contribution in [0.2, 0.25) is 0 Å². The van der Waals surface area contributed by atoms with E-state index in [0.717, 1.165) is 23.3 Å². The topological polar surface area (TPSA) is 64.3 Å². The molecule has 15 heavy (non-hydrogen) atoms. The van der Waals surface area contributed by atoms with Crippen LogP contribution in [0.5, 0.6) is 5.75 Å². The van der Waals surface area contributed by atoms with Gasteiger partial charge in [-0.2, -0.15) is 0 Å². The lowest BCUT2D eigenvalue weighted by molar-refractivity contribution is 0.249. The summed E-state index contributed by atoms with van der Waals surface area (Å²) < 4.78 is 5.15. The Balaban J connectivity index is 2.55. The molecular weight excluding hydrogens is 192 g/mol. The van der Waals surface area contributed by atoms with Crippen LogP contribution in [0.1, 0.15) is 11.1 Å². The predicted octanol–water partition coefficient (Wildman–Crippen LogP) is 1.21. The first-order valence-electron chi connectivity index (χ1n) is 4.80. The highest BCUT2D eigenvalue weighted by Gasteiger charge is 2.00. The third-order valence-corrected chi connectivity index (χ3v) is 2.17. The molecule has 4 nitrogen and oxygen atoms in total. The van der Waals surface area contributed by atoms with Crippen molar-refractivity contribution in [3.05, 3.63) is 29.3 Å². The summed E-state index contributed by atoms with van der Waals surface area (Å²) >= 11 is 0. The largest absolute Gasteiger partial charge is 0.496 e. The van der Waals surface area contributed by atoms with Crippen molar-refractivity contribution in [1.82, 2.24) is 5.32 Å². The highest BCUT2D eigenvalue weighted by molar-refractivity contribution is 5.71. The molecule has 0 saturated heterocycles. The minimum Gasteiger partial charge on any atom is -0.496 e. The standard InChI is InChI=1S/C11H16N2O2/c1-8-7-9(3-4-10(8)15-2)5-6-13-11(12)14/h3-4,7H,5-6H2,1-2H3,(H3,12,13,14). The molecule has 0 aromatic heterocycles. The number of urea groups is 1. The van der Waals surface area contributed by atoms with Crippen LogP contribution < -0.4 is 15.8 Å². The van der Waals surface area contributed by atoms with Crippen LogP contribution in [-0.4, -0.2) is 19.7 Å². The van der Waals surface area contributed by atoms with Gasteiger partial charge in [0.05, 0.1) is 7.11 Å². The number of rotatable bonds is 4. The second-order valence-electron chi connectivity index (χ2n) is 3.35. The van der Waals surface area contributed by atoms with Crippen LogP contribution in [0.3, 0.4) is 0 Å². The molecule has 0 unspecified atom stereocenters. The highest BCUT2D eigenvalue weighted by atomic mass is 16.5. The maximum atomic E-state index is 10.4. The van der Waals surface area contributed by atoms with Crippen molar-refractivity contribution in [2.45, 2.75) is 13.3 Å². The summed E-state index contributed by atoms with van der Waals surface area (Å²) in [5.74, 6) is 0.876. The zero-order valence-electron chi connectivity index (χ0n) is 9.04. The number of benzene rings is 1. The van der Waals surface area contributed by atoms with Gasteiger partial charge in [0.25, 0.3) is 0 Å². The normalized spacial score (nSPS) is 9.73. The highest BCUT2D eigenvalue weighted by Crippen LogP contribution is 2.18. The molecule has 0 radical (unpaired) electrons. The smallest absolute Gasteiger partial charge is 0.312 e. The average molecular weight is 208 g/mol. The molecule has 0 aliphatic rings. The van der Waals surface area contributed by atoms with Gasteiger partial charge in [0.2, 0.25) is 0 Å². The van der Waals surface area contributed by atoms with Gasteiger partial charge >= 0.3 is 6.03 Å². The first kappa shape index (κ1) is 11.4. The van der Waals surface area contributed by atoms with Crippen LogP contribution in [0.25, 0.3) is 0 Å². The van der Waals surface area contributed by atoms with Crippen molar-refractivity contribution in [2.75, 3.05) is 13.7 Å². The van der Waals surface area contributed by atoms with Crippen molar-refractivity contribution >= 4 is 6.03 Å². The number of carbonyl (C=O) groups is 1. The molecule has 0 aliphatic heterocycles. The van der Waals surface area contributed by atoms with Gasteiger partial charge in [-0.25, -0.2) is 4.79 Å². The van der Waals surface area contributed by atoms with E-state index in [9.17, 15) is 4.79 Å². The Bertz CT molecular complexity index is 350. The molecular formula is C11H16N2O2. The number of nitrogens with one attached hydrogen (secondary N) is 1. The van der Waals surface area contributed by atoms with E-state index in [1.165, 1.54) is 0 Å². The van der Waals surface area contributed by atoms with Crippen LogP contribution in [0.4, 0.5) is 4.79 Å². The first-order valence-corrected chi connectivity index (χ1v) is 4.80. The molecule has 4 heteroatoms. The molecule has 2 amide bonds. The number of methoxy groups -OCH3 is 1. The third-order valence-electron chi connectivity index (χ3n) is 2.17. The van der Waals surface area contributed by atoms with Gasteiger partial charge in [-0.05, 0) is 30.5 Å². The van der Waals surface area contributed by atoms with Gasteiger partial charge in [-0.3, -0.25) is 0 Å². The Kier molecular flexibility index (Phi) is 3.97. The summed E-state index contributed by atoms with van der Waals surface area (Å²) in [5, 5.41) is 2.55. The molecule has 0 atom stereocenters. The molecule has 0 saturated carbocycles. The van der Waals surface area contributed by atoms with E-state index >= 15 is 0 Å². The van der Waals surface area contributed by atoms with Crippen molar-refractivity contribution in [1.29, 1.82) is 0 Å². The molecule has 82 valence electrons. The lowest BCUT2D eigenvalue weighted by atomic mass is 10.1. The van der Waals surface area contributed by atoms with Crippen molar-refractivity contribution in [3.63, 3.8) is 0 Å². The van der Waals surface area contributed by atoms with E-state index in [1.54, 1.807) is 7.11 Å². The number of hydrogen-bond donors (Lipinski definition) is 2. The minimum absolute atomic E-state index is 0.486. The Labute approximate surface area is 89.4 Å². The summed E-state index contributed by atoms with van der Waals surface area (Å²) in [6, 6.07) is 5.46. The molecule has 0 bridgehead atoms. The first-order chi connectivity index (χ1) is 7.13. The van der Waals surface area contributed by atoms with Crippen LogP contribution in [0.15, 0.2) is 18.2 Å². The summed E-state index contributed by atoms with van der Waals surface area (Å²) in [7, 11) is 1.65. The third kappa shape index (κ3) is 3.50. The van der Waals surface area contributed by atoms with E-state index in [4.69, 9.17) is 10.5 Å². The average Bonchev–Trinajstić information content (AvgIpc) is 2.17. The molecule has 1 aromatic rings. The van der Waals surface area contributed by atoms with Gasteiger partial charge in [-0.1, -0.05) is 12.1 Å². The number of aryl methyl sites for hydroxylation is 1. The predicted molar refractivity (Wildman–Crippen MR) is 59.0 cm³/mol. The molecule has 1 aromatic carbocycles. The Hall–Kier alpha value is -1.71. The number of primary amides is 1. The van der Waals surface area contributed by atoms with Gasteiger partial charge in [0.1, 0.15) is 5.75 Å². The van der Waals surface area contributed by atoms with E-state index in [1.807, 2.05) is 25.1 Å². The van der Waals surface area contributed by atoms with Gasteiger partial charge in [0.15, 0.2) is 0 Å². The van der Waals surface area contributed by atoms with Crippen LogP contribution in [0, 0.1) is 6.92 Å². The molecule has 0 fully saturated rings. The summed E-state index contributed by atoms with van der Waals surface area (Å²) in [6.45, 7) is 2.55. The monoisotopic (exact) mass is 208 g/mol. The van der Waals surface area contributed by atoms with Gasteiger partial charge in [-0.15, -0.1) is 0 Å². The Morgan fingerprint density at radius 3 is 2.80 bits per heavy atom. The van der Waals surface area contributed by atoms with Crippen LogP contribution in [-0.2, 0) is 6.42 Å². The van der Waals surface area contributed by atoms with Crippen molar-refractivity contribution < 1.29 is 9.53 Å². The summed E-state index contributed by atoms with van der Waals surface area (Å²) in [5.41, 5.74) is 7.21. The Morgan fingerprint density at radius 2 is 2.27 bits per heavy atom. The lowest BCUT2D eigenvalue weighted by Crippen LogP contribution is -2.30. The number of amides is 2. The molecule has 0 spiro atoms. The second kappa shape index (κ2) is 5.24. The summed E-state index contributed by atoms with van der Waals surface area (Å²) in [6.07, 6.45) is 0.772. The van der Waals surface area contributed by atoms with E-state index in [2.05, 4.69) is 5.32 Å². The zero-order chi connectivity index (χ0) is 11.3. The van der Waals surface area contributed by atoms with Crippen molar-refractivity contribution in [2.24, 2.45) is 5.73 Å². The van der Waals surface area contributed by atoms with Crippen LogP contribution >= 0.6 is 0 Å². The molecule has 0 aliphatic carbocycles. The SMILES string of the molecule is COc1ccc(CCNC(N)=O)cc1C. The fourth-order valence-electron chi connectivity index (χ4n) is 1.43. The lowest BCUT2D eigenvalue weighted by Gasteiger charge is -2.07. The number of hydrogen-bond acceptors (Lipinski definition) is 2. The minimum atomic E-state index is -0.486. The quantitative estimate of drug-likeness (QED) is 0.781. The Morgan fingerprint density at radius 1 is 1.53 bits per heavy atom. The summed E-state index contributed by atoms with van der Waals surface area (Å²) in [4.78, 5) is 10.4. The zero-order valence-corrected chi connectivity index (χ0v) is 9.04. The number of carbonyl (C=O) groups excluding carboxylic acids is 1. The second-order valence-corrected chi connectivity index (χ2v) is 3.35. The fraction of sp³-hybridized carbons (Fsp3) is 0.364. The fourth-order valence-corrected chi connectivity index (χ4v) is 1.43. The molecule has 0 heterocycles. The maximum absolute atomic E-state index is 10.4. The van der Waals surface area contributed by atoms with Crippen molar-refractivity contribution in [3.8, 4) is 5.75 Å².